The average Bonchev–Trinajstić information content (AvgIpc) is 2.81. The number of methoxy groups -OCH3 is 2. The fraction of sp³-hybridized carbons (Fsp3) is 0.522. The van der Waals surface area contributed by atoms with E-state index in [0.717, 1.165) is 37.2 Å². The zero-order valence-corrected chi connectivity index (χ0v) is 20.5. The van der Waals surface area contributed by atoms with Gasteiger partial charge in [-0.15, -0.1) is 0 Å². The maximum Gasteiger partial charge on any atom is 0.230 e. The second kappa shape index (κ2) is 12.2. The molecule has 0 aliphatic heterocycles. The van der Waals surface area contributed by atoms with Crippen LogP contribution in [0.25, 0.3) is 0 Å². The number of nitrogens with zero attached hydrogens (tertiary/aromatic N) is 3. The van der Waals surface area contributed by atoms with Crippen LogP contribution in [0.4, 0.5) is 5.82 Å². The van der Waals surface area contributed by atoms with E-state index >= 15 is 0 Å². The van der Waals surface area contributed by atoms with Gasteiger partial charge in [0.1, 0.15) is 11.0 Å². The summed E-state index contributed by atoms with van der Waals surface area (Å²) >= 11 is 7.54. The van der Waals surface area contributed by atoms with Crippen molar-refractivity contribution in [3.8, 4) is 11.5 Å². The number of halogens is 1. The van der Waals surface area contributed by atoms with Gasteiger partial charge in [-0.05, 0) is 37.0 Å². The Morgan fingerprint density at radius 1 is 1.16 bits per heavy atom. The molecule has 0 radical (unpaired) electrons. The number of anilines is 1. The van der Waals surface area contributed by atoms with Crippen molar-refractivity contribution in [2.75, 3.05) is 38.5 Å². The summed E-state index contributed by atoms with van der Waals surface area (Å²) in [4.78, 5) is 23.2. The topological polar surface area (TPSA) is 76.6 Å². The zero-order valence-electron chi connectivity index (χ0n) is 18.9. The van der Waals surface area contributed by atoms with Gasteiger partial charge in [0.15, 0.2) is 16.7 Å². The number of hydrogen-bond acceptors (Lipinski definition) is 7. The molecule has 0 saturated heterocycles. The number of benzene rings is 1. The van der Waals surface area contributed by atoms with Crippen molar-refractivity contribution >= 4 is 35.1 Å². The van der Waals surface area contributed by atoms with E-state index in [2.05, 4.69) is 15.3 Å². The number of nitrogens with one attached hydrogen (secondary N) is 1. The first-order valence-corrected chi connectivity index (χ1v) is 12.2. The summed E-state index contributed by atoms with van der Waals surface area (Å²) in [6.07, 6.45) is 6.58. The number of thioether (sulfide) groups is 1. The van der Waals surface area contributed by atoms with Crippen LogP contribution in [0.2, 0.25) is 5.15 Å². The fourth-order valence-corrected chi connectivity index (χ4v) is 4.63. The van der Waals surface area contributed by atoms with Crippen LogP contribution in [0.5, 0.6) is 11.5 Å². The van der Waals surface area contributed by atoms with Crippen LogP contribution in [-0.2, 0) is 11.2 Å². The first-order chi connectivity index (χ1) is 15.5. The first-order valence-electron chi connectivity index (χ1n) is 10.9. The molecule has 0 atom stereocenters. The summed E-state index contributed by atoms with van der Waals surface area (Å²) in [5, 5.41) is 3.99. The van der Waals surface area contributed by atoms with Gasteiger partial charge in [0.05, 0.1) is 20.0 Å². The third kappa shape index (κ3) is 7.17. The summed E-state index contributed by atoms with van der Waals surface area (Å²) in [6, 6.07) is 7.95. The number of aromatic nitrogens is 2. The SMILES string of the molecule is COc1ccc(CCN(C)c2cc(Cl)nc(SCC(=O)NC3CCCCC3)n2)cc1OC. The molecule has 1 aliphatic carbocycles. The van der Waals surface area contributed by atoms with E-state index in [0.29, 0.717) is 27.9 Å². The third-order valence-corrected chi connectivity index (χ3v) is 6.58. The van der Waals surface area contributed by atoms with E-state index in [1.807, 2.05) is 30.1 Å². The lowest BCUT2D eigenvalue weighted by molar-refractivity contribution is -0.119. The van der Waals surface area contributed by atoms with Crippen molar-refractivity contribution in [2.45, 2.75) is 49.7 Å². The second-order valence-electron chi connectivity index (χ2n) is 7.88. The number of ether oxygens (including phenoxy) is 2. The second-order valence-corrected chi connectivity index (χ2v) is 9.21. The number of carbonyl (C=O) groups is 1. The van der Waals surface area contributed by atoms with Crippen molar-refractivity contribution in [1.29, 1.82) is 0 Å². The zero-order chi connectivity index (χ0) is 22.9. The lowest BCUT2D eigenvalue weighted by atomic mass is 9.95. The number of carbonyl (C=O) groups excluding carboxylic acids is 1. The van der Waals surface area contributed by atoms with Gasteiger partial charge in [-0.2, -0.15) is 0 Å². The van der Waals surface area contributed by atoms with Crippen molar-refractivity contribution in [1.82, 2.24) is 15.3 Å². The Morgan fingerprint density at radius 3 is 2.62 bits per heavy atom. The van der Waals surface area contributed by atoms with Crippen molar-refractivity contribution in [2.24, 2.45) is 0 Å². The summed E-state index contributed by atoms with van der Waals surface area (Å²) in [5.41, 5.74) is 1.13. The molecule has 1 heterocycles. The predicted molar refractivity (Wildman–Crippen MR) is 129 cm³/mol. The molecular weight excluding hydrogens is 448 g/mol. The maximum absolute atomic E-state index is 12.3. The molecule has 32 heavy (non-hydrogen) atoms. The highest BCUT2D eigenvalue weighted by atomic mass is 35.5. The molecule has 174 valence electrons. The van der Waals surface area contributed by atoms with E-state index in [1.165, 1.54) is 31.0 Å². The highest BCUT2D eigenvalue weighted by molar-refractivity contribution is 7.99. The van der Waals surface area contributed by atoms with Crippen molar-refractivity contribution in [3.63, 3.8) is 0 Å². The van der Waals surface area contributed by atoms with Crippen LogP contribution in [0.15, 0.2) is 29.4 Å². The van der Waals surface area contributed by atoms with Gasteiger partial charge in [-0.3, -0.25) is 4.79 Å². The Labute approximate surface area is 199 Å². The summed E-state index contributed by atoms with van der Waals surface area (Å²) in [6.45, 7) is 0.731. The molecule has 1 fully saturated rings. The van der Waals surface area contributed by atoms with E-state index in [-0.39, 0.29) is 11.7 Å². The number of rotatable bonds is 10. The van der Waals surface area contributed by atoms with Crippen LogP contribution in [0, 0.1) is 0 Å². The third-order valence-electron chi connectivity index (χ3n) is 5.54. The lowest BCUT2D eigenvalue weighted by Crippen LogP contribution is -2.37. The Bertz CT molecular complexity index is 909. The van der Waals surface area contributed by atoms with E-state index in [9.17, 15) is 4.79 Å². The summed E-state index contributed by atoms with van der Waals surface area (Å²) < 4.78 is 10.7. The molecular formula is C23H31ClN4O3S. The van der Waals surface area contributed by atoms with Crippen LogP contribution >= 0.6 is 23.4 Å². The highest BCUT2D eigenvalue weighted by Crippen LogP contribution is 2.28. The monoisotopic (exact) mass is 478 g/mol. The van der Waals surface area contributed by atoms with E-state index < -0.39 is 0 Å². The van der Waals surface area contributed by atoms with Gasteiger partial charge in [0.25, 0.3) is 0 Å². The summed E-state index contributed by atoms with van der Waals surface area (Å²) in [7, 11) is 5.22. The fourth-order valence-electron chi connectivity index (χ4n) is 3.74. The largest absolute Gasteiger partial charge is 0.493 e. The molecule has 2 aromatic rings. The Hall–Kier alpha value is -2.19. The molecule has 1 aromatic heterocycles. The van der Waals surface area contributed by atoms with Gasteiger partial charge < -0.3 is 19.7 Å². The van der Waals surface area contributed by atoms with E-state index in [1.54, 1.807) is 20.3 Å². The molecule has 1 aromatic carbocycles. The van der Waals surface area contributed by atoms with Gasteiger partial charge in [-0.25, -0.2) is 9.97 Å². The molecule has 0 spiro atoms. The Kier molecular flexibility index (Phi) is 9.29. The van der Waals surface area contributed by atoms with E-state index in [4.69, 9.17) is 21.1 Å². The predicted octanol–water partition coefficient (Wildman–Crippen LogP) is 4.37. The number of amides is 1. The van der Waals surface area contributed by atoms with Gasteiger partial charge in [-0.1, -0.05) is 48.7 Å². The molecule has 1 amide bonds. The van der Waals surface area contributed by atoms with Gasteiger partial charge in [0, 0.05) is 25.7 Å². The molecule has 7 nitrogen and oxygen atoms in total. The van der Waals surface area contributed by atoms with Crippen molar-refractivity contribution < 1.29 is 14.3 Å². The molecule has 9 heteroatoms. The average molecular weight is 479 g/mol. The number of hydrogen-bond donors (Lipinski definition) is 1. The van der Waals surface area contributed by atoms with Gasteiger partial charge >= 0.3 is 0 Å². The minimum atomic E-state index is 0.0221. The van der Waals surface area contributed by atoms with Crippen LogP contribution < -0.4 is 19.7 Å². The lowest BCUT2D eigenvalue weighted by Gasteiger charge is -2.22. The number of likely N-dealkylation sites (N-methyl/N-ethyl adjacent to an activating group) is 1. The molecule has 1 aliphatic rings. The standard InChI is InChI=1S/C23H31ClN4O3S/c1-28(12-11-16-9-10-18(30-2)19(13-16)31-3)21-14-20(24)26-23(27-21)32-15-22(29)25-17-7-5-4-6-8-17/h9-10,13-14,17H,4-8,11-12,15H2,1-3H3,(H,25,29). The molecule has 1 N–H and O–H groups in total. The quantitative estimate of drug-likeness (QED) is 0.308. The Morgan fingerprint density at radius 2 is 1.91 bits per heavy atom. The minimum absolute atomic E-state index is 0.0221. The minimum Gasteiger partial charge on any atom is -0.493 e. The van der Waals surface area contributed by atoms with Crippen LogP contribution in [0.1, 0.15) is 37.7 Å². The van der Waals surface area contributed by atoms with Crippen molar-refractivity contribution in [3.05, 3.63) is 35.0 Å². The molecule has 0 bridgehead atoms. The maximum atomic E-state index is 12.3. The first kappa shape index (κ1) is 24.5. The Balaban J connectivity index is 1.55. The molecule has 0 unspecified atom stereocenters. The van der Waals surface area contributed by atoms with Crippen LogP contribution in [0.3, 0.4) is 0 Å². The molecule has 1 saturated carbocycles. The van der Waals surface area contributed by atoms with Gasteiger partial charge in [0.2, 0.25) is 5.91 Å². The highest BCUT2D eigenvalue weighted by Gasteiger charge is 2.16. The summed E-state index contributed by atoms with van der Waals surface area (Å²) in [5.74, 6) is 2.45. The molecule has 3 rings (SSSR count). The normalized spacial score (nSPS) is 14.1. The smallest absolute Gasteiger partial charge is 0.230 e. The van der Waals surface area contributed by atoms with Crippen LogP contribution in [-0.4, -0.2) is 55.5 Å².